The standard InChI is InChI=1S/C14H15NO3/c1-3-4-10-8-11(15)5-6-12(10)17-13-7-9(2)14(16)18-13/h3,5-8,13H,1,4,15H2,2H3. The lowest BCUT2D eigenvalue weighted by Gasteiger charge is -2.14. The van der Waals surface area contributed by atoms with Crippen molar-refractivity contribution < 1.29 is 14.3 Å². The molecule has 0 amide bonds. The molecule has 1 atom stereocenters. The number of benzene rings is 1. The highest BCUT2D eigenvalue weighted by Crippen LogP contribution is 2.25. The van der Waals surface area contributed by atoms with Crippen molar-refractivity contribution >= 4 is 11.7 Å². The normalized spacial score (nSPS) is 18.2. The number of cyclic esters (lactones) is 1. The van der Waals surface area contributed by atoms with E-state index in [1.54, 1.807) is 31.2 Å². The van der Waals surface area contributed by atoms with Crippen LogP contribution in [0.5, 0.6) is 5.75 Å². The van der Waals surface area contributed by atoms with Crippen LogP contribution < -0.4 is 10.5 Å². The second kappa shape index (κ2) is 4.96. The Bertz CT molecular complexity index is 520. The number of nitrogen functional groups attached to an aromatic ring is 1. The number of rotatable bonds is 4. The maximum Gasteiger partial charge on any atom is 0.336 e. The molecule has 0 saturated heterocycles. The van der Waals surface area contributed by atoms with Crippen LogP contribution in [0.1, 0.15) is 12.5 Å². The summed E-state index contributed by atoms with van der Waals surface area (Å²) in [5.41, 5.74) is 7.86. The number of nitrogens with two attached hydrogens (primary N) is 1. The predicted octanol–water partition coefficient (Wildman–Crippen LogP) is 2.21. The largest absolute Gasteiger partial charge is 0.451 e. The van der Waals surface area contributed by atoms with Crippen molar-refractivity contribution in [2.75, 3.05) is 5.73 Å². The van der Waals surface area contributed by atoms with Gasteiger partial charge in [0, 0.05) is 22.9 Å². The van der Waals surface area contributed by atoms with Crippen molar-refractivity contribution in [2.24, 2.45) is 0 Å². The third-order valence-electron chi connectivity index (χ3n) is 2.62. The van der Waals surface area contributed by atoms with Gasteiger partial charge in [-0.3, -0.25) is 0 Å². The number of allylic oxidation sites excluding steroid dienone is 1. The van der Waals surface area contributed by atoms with Gasteiger partial charge < -0.3 is 15.2 Å². The Morgan fingerprint density at radius 3 is 2.94 bits per heavy atom. The maximum atomic E-state index is 11.2. The van der Waals surface area contributed by atoms with Crippen LogP contribution in [-0.4, -0.2) is 12.3 Å². The smallest absolute Gasteiger partial charge is 0.336 e. The molecule has 0 spiro atoms. The van der Waals surface area contributed by atoms with Gasteiger partial charge >= 0.3 is 5.97 Å². The van der Waals surface area contributed by atoms with Crippen LogP contribution in [0.4, 0.5) is 5.69 Å². The first-order valence-corrected chi connectivity index (χ1v) is 5.65. The Hall–Kier alpha value is -2.23. The van der Waals surface area contributed by atoms with E-state index in [4.69, 9.17) is 15.2 Å². The van der Waals surface area contributed by atoms with Crippen LogP contribution in [0, 0.1) is 0 Å². The Morgan fingerprint density at radius 2 is 2.33 bits per heavy atom. The fraction of sp³-hybridized carbons (Fsp3) is 0.214. The minimum absolute atomic E-state index is 0.347. The monoisotopic (exact) mass is 245 g/mol. The van der Waals surface area contributed by atoms with E-state index >= 15 is 0 Å². The molecule has 1 aliphatic rings. The summed E-state index contributed by atoms with van der Waals surface area (Å²) in [6.07, 6.45) is 3.40. The first kappa shape index (κ1) is 12.2. The molecule has 0 radical (unpaired) electrons. The minimum Gasteiger partial charge on any atom is -0.451 e. The van der Waals surface area contributed by atoms with Gasteiger partial charge in [-0.05, 0) is 31.5 Å². The molecule has 2 rings (SSSR count). The van der Waals surface area contributed by atoms with E-state index in [-0.39, 0.29) is 5.97 Å². The Kier molecular flexibility index (Phi) is 3.37. The zero-order chi connectivity index (χ0) is 13.1. The van der Waals surface area contributed by atoms with Crippen molar-refractivity contribution in [2.45, 2.75) is 19.6 Å². The second-order valence-corrected chi connectivity index (χ2v) is 4.10. The van der Waals surface area contributed by atoms with Crippen LogP contribution in [-0.2, 0) is 16.0 Å². The predicted molar refractivity (Wildman–Crippen MR) is 69.0 cm³/mol. The van der Waals surface area contributed by atoms with E-state index in [0.29, 0.717) is 23.4 Å². The van der Waals surface area contributed by atoms with E-state index in [1.165, 1.54) is 0 Å². The average molecular weight is 245 g/mol. The molecule has 4 heteroatoms. The summed E-state index contributed by atoms with van der Waals surface area (Å²) in [5.74, 6) is 0.300. The van der Waals surface area contributed by atoms with Crippen molar-refractivity contribution in [3.8, 4) is 5.75 Å². The molecular weight excluding hydrogens is 230 g/mol. The average Bonchev–Trinajstić information content (AvgIpc) is 2.62. The minimum atomic E-state index is -0.662. The molecule has 1 aromatic carbocycles. The highest BCUT2D eigenvalue weighted by molar-refractivity contribution is 5.90. The van der Waals surface area contributed by atoms with Crippen LogP contribution in [0.25, 0.3) is 0 Å². The highest BCUT2D eigenvalue weighted by atomic mass is 16.7. The summed E-state index contributed by atoms with van der Waals surface area (Å²) in [4.78, 5) is 11.2. The molecule has 0 aromatic heterocycles. The number of anilines is 1. The van der Waals surface area contributed by atoms with Gasteiger partial charge in [-0.25, -0.2) is 4.79 Å². The van der Waals surface area contributed by atoms with Gasteiger partial charge in [0.1, 0.15) is 5.75 Å². The third-order valence-corrected chi connectivity index (χ3v) is 2.62. The first-order valence-electron chi connectivity index (χ1n) is 5.65. The highest BCUT2D eigenvalue weighted by Gasteiger charge is 2.24. The lowest BCUT2D eigenvalue weighted by atomic mass is 10.1. The quantitative estimate of drug-likeness (QED) is 0.502. The van der Waals surface area contributed by atoms with E-state index in [9.17, 15) is 4.79 Å². The summed E-state index contributed by atoms with van der Waals surface area (Å²) in [6.45, 7) is 5.38. The maximum absolute atomic E-state index is 11.2. The lowest BCUT2D eigenvalue weighted by molar-refractivity contribution is -0.148. The molecular formula is C14H15NO3. The van der Waals surface area contributed by atoms with Crippen molar-refractivity contribution in [1.29, 1.82) is 0 Å². The fourth-order valence-corrected chi connectivity index (χ4v) is 1.72. The number of ether oxygens (including phenoxy) is 2. The zero-order valence-electron chi connectivity index (χ0n) is 10.2. The number of carbonyl (C=O) groups is 1. The SMILES string of the molecule is C=CCc1cc(N)ccc1OC1C=C(C)C(=O)O1. The fourth-order valence-electron chi connectivity index (χ4n) is 1.72. The molecule has 1 unspecified atom stereocenters. The molecule has 2 N–H and O–H groups in total. The van der Waals surface area contributed by atoms with Crippen LogP contribution in [0.3, 0.4) is 0 Å². The van der Waals surface area contributed by atoms with Gasteiger partial charge in [-0.1, -0.05) is 6.08 Å². The summed E-state index contributed by atoms with van der Waals surface area (Å²) in [7, 11) is 0. The molecule has 1 aromatic rings. The lowest BCUT2D eigenvalue weighted by Crippen LogP contribution is -2.16. The Morgan fingerprint density at radius 1 is 1.56 bits per heavy atom. The van der Waals surface area contributed by atoms with E-state index in [2.05, 4.69) is 6.58 Å². The van der Waals surface area contributed by atoms with Gasteiger partial charge in [0.25, 0.3) is 6.29 Å². The molecule has 4 nitrogen and oxygen atoms in total. The molecule has 0 fully saturated rings. The summed E-state index contributed by atoms with van der Waals surface area (Å²) in [6, 6.07) is 5.34. The van der Waals surface area contributed by atoms with Gasteiger partial charge in [0.15, 0.2) is 0 Å². The van der Waals surface area contributed by atoms with Crippen LogP contribution in [0.2, 0.25) is 0 Å². The summed E-state index contributed by atoms with van der Waals surface area (Å²) >= 11 is 0. The van der Waals surface area contributed by atoms with Crippen molar-refractivity contribution in [3.05, 3.63) is 48.1 Å². The zero-order valence-corrected chi connectivity index (χ0v) is 10.2. The van der Waals surface area contributed by atoms with Gasteiger partial charge in [0.05, 0.1) is 0 Å². The molecule has 1 aliphatic heterocycles. The van der Waals surface area contributed by atoms with E-state index in [1.807, 2.05) is 6.07 Å². The summed E-state index contributed by atoms with van der Waals surface area (Å²) in [5, 5.41) is 0. The van der Waals surface area contributed by atoms with Gasteiger partial charge in [-0.2, -0.15) is 0 Å². The third kappa shape index (κ3) is 2.53. The number of hydrogen-bond acceptors (Lipinski definition) is 4. The van der Waals surface area contributed by atoms with E-state index in [0.717, 1.165) is 5.56 Å². The van der Waals surface area contributed by atoms with Crippen LogP contribution >= 0.6 is 0 Å². The topological polar surface area (TPSA) is 61.5 Å². The number of esters is 1. The molecule has 18 heavy (non-hydrogen) atoms. The van der Waals surface area contributed by atoms with Crippen molar-refractivity contribution in [1.82, 2.24) is 0 Å². The number of hydrogen-bond donors (Lipinski definition) is 1. The van der Waals surface area contributed by atoms with Gasteiger partial charge in [0.2, 0.25) is 0 Å². The first-order chi connectivity index (χ1) is 8.60. The van der Waals surface area contributed by atoms with Crippen molar-refractivity contribution in [3.63, 3.8) is 0 Å². The molecule has 94 valence electrons. The number of carbonyl (C=O) groups excluding carboxylic acids is 1. The molecule has 0 saturated carbocycles. The molecule has 0 aliphatic carbocycles. The molecule has 0 bridgehead atoms. The Labute approximate surface area is 106 Å². The second-order valence-electron chi connectivity index (χ2n) is 4.10. The Balaban J connectivity index is 2.19. The molecule has 1 heterocycles. The van der Waals surface area contributed by atoms with Crippen LogP contribution in [0.15, 0.2) is 42.5 Å². The van der Waals surface area contributed by atoms with E-state index < -0.39 is 6.29 Å². The summed E-state index contributed by atoms with van der Waals surface area (Å²) < 4.78 is 10.7. The van der Waals surface area contributed by atoms with Gasteiger partial charge in [-0.15, -0.1) is 6.58 Å².